The van der Waals surface area contributed by atoms with E-state index in [1.807, 2.05) is 6.92 Å². The van der Waals surface area contributed by atoms with E-state index in [0.717, 1.165) is 38.4 Å². The topological polar surface area (TPSA) is 41.6 Å². The van der Waals surface area contributed by atoms with Crippen molar-refractivity contribution < 1.29 is 9.53 Å². The van der Waals surface area contributed by atoms with Gasteiger partial charge in [0, 0.05) is 6.04 Å². The summed E-state index contributed by atoms with van der Waals surface area (Å²) in [5.74, 6) is 0.679. The van der Waals surface area contributed by atoms with E-state index in [1.165, 1.54) is 26.4 Å². The summed E-state index contributed by atoms with van der Waals surface area (Å²) in [6.45, 7) is 11.8. The Hall–Kier alpha value is -0.610. The predicted molar refractivity (Wildman–Crippen MR) is 87.4 cm³/mol. The molecule has 0 aromatic rings. The normalized spacial score (nSPS) is 24.9. The first-order valence-corrected chi connectivity index (χ1v) is 8.50. The molecule has 4 nitrogen and oxygen atoms in total. The van der Waals surface area contributed by atoms with Crippen molar-refractivity contribution >= 4 is 5.97 Å². The number of hydrogen-bond donors (Lipinski definition) is 1. The molecule has 1 saturated heterocycles. The maximum atomic E-state index is 12.2. The van der Waals surface area contributed by atoms with Gasteiger partial charge in [-0.15, -0.1) is 0 Å². The predicted octanol–water partition coefficient (Wildman–Crippen LogP) is 2.82. The first-order chi connectivity index (χ1) is 9.92. The second kappa shape index (κ2) is 8.74. The van der Waals surface area contributed by atoms with Crippen molar-refractivity contribution in [3.63, 3.8) is 0 Å². The lowest BCUT2D eigenvalue weighted by Gasteiger charge is -2.35. The number of methoxy groups -OCH3 is 1. The summed E-state index contributed by atoms with van der Waals surface area (Å²) in [6, 6.07) is 0.392. The van der Waals surface area contributed by atoms with Gasteiger partial charge in [-0.05, 0) is 71.5 Å². The quantitative estimate of drug-likeness (QED) is 0.734. The molecule has 1 aliphatic heterocycles. The molecule has 0 aliphatic carbocycles. The van der Waals surface area contributed by atoms with Crippen LogP contribution in [0.3, 0.4) is 0 Å². The molecule has 1 aliphatic rings. The zero-order valence-corrected chi connectivity index (χ0v) is 14.6. The molecule has 124 valence electrons. The maximum Gasteiger partial charge on any atom is 0.325 e. The van der Waals surface area contributed by atoms with Gasteiger partial charge in [-0.3, -0.25) is 4.79 Å². The number of likely N-dealkylation sites (tertiary alicyclic amines) is 1. The molecule has 1 rings (SSSR count). The smallest absolute Gasteiger partial charge is 0.325 e. The summed E-state index contributed by atoms with van der Waals surface area (Å²) in [5, 5.41) is 3.39. The number of carbonyl (C=O) groups excluding carboxylic acids is 1. The molecule has 1 fully saturated rings. The highest BCUT2D eigenvalue weighted by Crippen LogP contribution is 2.23. The molecular formula is C17H34N2O2. The van der Waals surface area contributed by atoms with E-state index in [9.17, 15) is 4.79 Å². The molecule has 21 heavy (non-hydrogen) atoms. The summed E-state index contributed by atoms with van der Waals surface area (Å²) in [6.07, 6.45) is 5.67. The molecular weight excluding hydrogens is 264 g/mol. The van der Waals surface area contributed by atoms with E-state index in [2.05, 4.69) is 31.0 Å². The Morgan fingerprint density at radius 1 is 1.43 bits per heavy atom. The largest absolute Gasteiger partial charge is 0.468 e. The number of esters is 1. The van der Waals surface area contributed by atoms with Gasteiger partial charge in [-0.25, -0.2) is 0 Å². The Labute approximate surface area is 130 Å². The fourth-order valence-corrected chi connectivity index (χ4v) is 3.30. The number of nitrogens with one attached hydrogen (secondary N) is 1. The number of carbonyl (C=O) groups is 1. The van der Waals surface area contributed by atoms with Gasteiger partial charge in [0.1, 0.15) is 5.54 Å². The molecule has 0 aromatic carbocycles. The molecule has 3 atom stereocenters. The summed E-state index contributed by atoms with van der Waals surface area (Å²) in [5.41, 5.74) is -0.581. The molecule has 4 heteroatoms. The summed E-state index contributed by atoms with van der Waals surface area (Å²) < 4.78 is 5.02. The first kappa shape index (κ1) is 18.4. The molecule has 1 N–H and O–H groups in total. The van der Waals surface area contributed by atoms with Crippen molar-refractivity contribution in [1.29, 1.82) is 0 Å². The monoisotopic (exact) mass is 298 g/mol. The highest BCUT2D eigenvalue weighted by Gasteiger charge is 2.36. The summed E-state index contributed by atoms with van der Waals surface area (Å²) in [4.78, 5) is 14.7. The highest BCUT2D eigenvalue weighted by atomic mass is 16.5. The molecule has 0 bridgehead atoms. The van der Waals surface area contributed by atoms with Crippen molar-refractivity contribution in [3.05, 3.63) is 0 Å². The Morgan fingerprint density at radius 3 is 2.76 bits per heavy atom. The lowest BCUT2D eigenvalue weighted by molar-refractivity contribution is -0.148. The van der Waals surface area contributed by atoms with Gasteiger partial charge in [0.05, 0.1) is 7.11 Å². The minimum absolute atomic E-state index is 0.147. The van der Waals surface area contributed by atoms with Crippen molar-refractivity contribution in [2.24, 2.45) is 5.92 Å². The Kier molecular flexibility index (Phi) is 7.67. The average molecular weight is 298 g/mol. The highest BCUT2D eigenvalue weighted by molar-refractivity contribution is 5.80. The summed E-state index contributed by atoms with van der Waals surface area (Å²) >= 11 is 0. The van der Waals surface area contributed by atoms with Gasteiger partial charge in [0.15, 0.2) is 0 Å². The molecule has 0 aromatic heterocycles. The van der Waals surface area contributed by atoms with Gasteiger partial charge in [-0.2, -0.15) is 0 Å². The molecule has 0 saturated carbocycles. The second-order valence-corrected chi connectivity index (χ2v) is 6.88. The van der Waals surface area contributed by atoms with E-state index >= 15 is 0 Å². The van der Waals surface area contributed by atoms with E-state index < -0.39 is 5.54 Å². The van der Waals surface area contributed by atoms with Crippen LogP contribution in [0.5, 0.6) is 0 Å². The van der Waals surface area contributed by atoms with Crippen molar-refractivity contribution in [3.8, 4) is 0 Å². The lowest BCUT2D eigenvalue weighted by Crippen LogP contribution is -2.54. The number of ether oxygens (including phenoxy) is 1. The van der Waals surface area contributed by atoms with Gasteiger partial charge in [-0.1, -0.05) is 13.8 Å². The van der Waals surface area contributed by atoms with Crippen molar-refractivity contribution in [2.45, 2.75) is 71.4 Å². The number of hydrogen-bond acceptors (Lipinski definition) is 4. The van der Waals surface area contributed by atoms with E-state index in [4.69, 9.17) is 4.74 Å². The SMILES string of the molecule is CCCNC(C)(CC(C)N1CCCC(C)CC1)C(=O)OC. The van der Waals surface area contributed by atoms with Crippen LogP contribution in [-0.4, -0.2) is 49.2 Å². The third kappa shape index (κ3) is 5.59. The van der Waals surface area contributed by atoms with Crippen molar-refractivity contribution in [1.82, 2.24) is 10.2 Å². The third-order valence-corrected chi connectivity index (χ3v) is 4.78. The van der Waals surface area contributed by atoms with E-state index in [0.29, 0.717) is 6.04 Å². The van der Waals surface area contributed by atoms with Crippen LogP contribution in [0.2, 0.25) is 0 Å². The fourth-order valence-electron chi connectivity index (χ4n) is 3.30. The van der Waals surface area contributed by atoms with Gasteiger partial charge in [0.2, 0.25) is 0 Å². The third-order valence-electron chi connectivity index (χ3n) is 4.78. The first-order valence-electron chi connectivity index (χ1n) is 8.50. The molecule has 3 unspecified atom stereocenters. The molecule has 0 spiro atoms. The average Bonchev–Trinajstić information content (AvgIpc) is 2.69. The van der Waals surface area contributed by atoms with Crippen molar-refractivity contribution in [2.75, 3.05) is 26.7 Å². The number of rotatable bonds is 7. The van der Waals surface area contributed by atoms with Crippen LogP contribution < -0.4 is 5.32 Å². The fraction of sp³-hybridized carbons (Fsp3) is 0.941. The van der Waals surface area contributed by atoms with Gasteiger partial charge >= 0.3 is 5.97 Å². The maximum absolute atomic E-state index is 12.2. The lowest BCUT2D eigenvalue weighted by atomic mass is 9.92. The van der Waals surface area contributed by atoms with Crippen LogP contribution in [0.4, 0.5) is 0 Å². The van der Waals surface area contributed by atoms with Crippen LogP contribution >= 0.6 is 0 Å². The van der Waals surface area contributed by atoms with E-state index in [-0.39, 0.29) is 5.97 Å². The van der Waals surface area contributed by atoms with Crippen LogP contribution in [0.25, 0.3) is 0 Å². The van der Waals surface area contributed by atoms with Gasteiger partial charge < -0.3 is 15.0 Å². The standard InChI is InChI=1S/C17H34N2O2/c1-6-10-18-17(4,16(20)21-5)13-15(3)19-11-7-8-14(2)9-12-19/h14-15,18H,6-13H2,1-5H3. The van der Waals surface area contributed by atoms with E-state index in [1.54, 1.807) is 0 Å². The second-order valence-electron chi connectivity index (χ2n) is 6.88. The Bertz CT molecular complexity index is 322. The minimum atomic E-state index is -0.581. The van der Waals surface area contributed by atoms with Crippen LogP contribution in [0.1, 0.15) is 59.8 Å². The Balaban J connectivity index is 2.66. The van der Waals surface area contributed by atoms with Crippen LogP contribution in [0.15, 0.2) is 0 Å². The Morgan fingerprint density at radius 2 is 2.14 bits per heavy atom. The van der Waals surface area contributed by atoms with Crippen LogP contribution in [0, 0.1) is 5.92 Å². The minimum Gasteiger partial charge on any atom is -0.468 e. The zero-order valence-electron chi connectivity index (χ0n) is 14.6. The molecule has 0 radical (unpaired) electrons. The number of nitrogens with zero attached hydrogens (tertiary/aromatic N) is 1. The van der Waals surface area contributed by atoms with Gasteiger partial charge in [0.25, 0.3) is 0 Å². The zero-order chi connectivity index (χ0) is 15.9. The molecule has 1 heterocycles. The van der Waals surface area contributed by atoms with Crippen LogP contribution in [-0.2, 0) is 9.53 Å². The molecule has 0 amide bonds. The summed E-state index contributed by atoms with van der Waals surface area (Å²) in [7, 11) is 1.48.